The predicted octanol–water partition coefficient (Wildman–Crippen LogP) is 2.84. The zero-order valence-electron chi connectivity index (χ0n) is 13.6. The van der Waals surface area contributed by atoms with Gasteiger partial charge in [0.2, 0.25) is 0 Å². The number of hydrogen-bond acceptors (Lipinski definition) is 2. The minimum atomic E-state index is -0.106. The third kappa shape index (κ3) is 2.10. The van der Waals surface area contributed by atoms with Gasteiger partial charge in [0.15, 0.2) is 6.04 Å². The molecule has 0 N–H and O–H groups in total. The number of nitrogens with zero attached hydrogens (tertiary/aromatic N) is 1. The molecule has 0 aromatic heterocycles. The first-order valence-electron chi connectivity index (χ1n) is 7.52. The summed E-state index contributed by atoms with van der Waals surface area (Å²) in [5.74, 6) is 0.678. The molecular weight excluding hydrogens is 238 g/mol. The van der Waals surface area contributed by atoms with Gasteiger partial charge in [0.25, 0.3) is 0 Å². The lowest BCUT2D eigenvalue weighted by molar-refractivity contribution is -0.885. The number of ether oxygens (including phenoxy) is 1. The van der Waals surface area contributed by atoms with Crippen molar-refractivity contribution in [3.05, 3.63) is 0 Å². The molecule has 3 nitrogen and oxygen atoms in total. The molecule has 0 aromatic rings. The van der Waals surface area contributed by atoms with E-state index < -0.39 is 0 Å². The highest BCUT2D eigenvalue weighted by Gasteiger charge is 2.63. The summed E-state index contributed by atoms with van der Waals surface area (Å²) in [6, 6.07) is -0.106. The van der Waals surface area contributed by atoms with Gasteiger partial charge in [-0.15, -0.1) is 0 Å². The average molecular weight is 268 g/mol. The highest BCUT2D eigenvalue weighted by molar-refractivity contribution is 5.74. The molecule has 2 aliphatic rings. The number of rotatable bonds is 3. The van der Waals surface area contributed by atoms with E-state index in [0.29, 0.717) is 9.90 Å². The van der Waals surface area contributed by atoms with E-state index in [1.807, 2.05) is 28.1 Å². The molecule has 0 aliphatic heterocycles. The highest BCUT2D eigenvalue weighted by atomic mass is 16.5. The summed E-state index contributed by atoms with van der Waals surface area (Å²) < 4.78 is 6.54. The van der Waals surface area contributed by atoms with E-state index in [4.69, 9.17) is 4.74 Å². The zero-order chi connectivity index (χ0) is 14.6. The smallest absolute Gasteiger partial charge is 0.364 e. The van der Waals surface area contributed by atoms with Crippen LogP contribution in [-0.4, -0.2) is 43.7 Å². The summed E-state index contributed by atoms with van der Waals surface area (Å²) in [5.41, 5.74) is 0.468. The van der Waals surface area contributed by atoms with Gasteiger partial charge in [-0.3, -0.25) is 0 Å². The van der Waals surface area contributed by atoms with Gasteiger partial charge in [-0.05, 0) is 37.5 Å². The number of carbonyl (C=O) groups is 1. The number of likely N-dealkylation sites (N-methyl/N-ethyl adjacent to an activating group) is 1. The van der Waals surface area contributed by atoms with Crippen LogP contribution < -0.4 is 0 Å². The summed E-state index contributed by atoms with van der Waals surface area (Å²) in [7, 11) is 6.12. The molecule has 0 aromatic carbocycles. The van der Waals surface area contributed by atoms with Crippen molar-refractivity contribution in [2.45, 2.75) is 59.1 Å². The first kappa shape index (κ1) is 14.8. The molecule has 2 aliphatic carbocycles. The van der Waals surface area contributed by atoms with Gasteiger partial charge in [0.1, 0.15) is 6.10 Å². The third-order valence-electron chi connectivity index (χ3n) is 6.48. The number of esters is 1. The molecule has 110 valence electrons. The first-order valence-corrected chi connectivity index (χ1v) is 7.52. The Kier molecular flexibility index (Phi) is 3.29. The van der Waals surface area contributed by atoms with E-state index in [1.54, 1.807) is 0 Å². The SMILES string of the molecule is CC(C(=O)OC1CC2CCC1(C)C2(C)C)[N+](C)(C)C. The van der Waals surface area contributed by atoms with Crippen molar-refractivity contribution >= 4 is 5.97 Å². The molecule has 19 heavy (non-hydrogen) atoms. The fourth-order valence-electron chi connectivity index (χ4n) is 3.86. The molecule has 2 rings (SSSR count). The van der Waals surface area contributed by atoms with Crippen LogP contribution >= 0.6 is 0 Å². The van der Waals surface area contributed by atoms with Crippen molar-refractivity contribution in [2.24, 2.45) is 16.7 Å². The molecule has 3 heteroatoms. The molecule has 0 spiro atoms. The largest absolute Gasteiger partial charge is 0.457 e. The third-order valence-corrected chi connectivity index (χ3v) is 6.48. The molecule has 0 heterocycles. The number of carbonyl (C=O) groups excluding carboxylic acids is 1. The van der Waals surface area contributed by atoms with Crippen LogP contribution in [0.15, 0.2) is 0 Å². The van der Waals surface area contributed by atoms with Crippen molar-refractivity contribution in [3.63, 3.8) is 0 Å². The van der Waals surface area contributed by atoms with Gasteiger partial charge in [0.05, 0.1) is 21.1 Å². The maximum Gasteiger partial charge on any atom is 0.364 e. The van der Waals surface area contributed by atoms with Gasteiger partial charge in [-0.2, -0.15) is 0 Å². The van der Waals surface area contributed by atoms with Crippen molar-refractivity contribution in [1.29, 1.82) is 0 Å². The highest BCUT2D eigenvalue weighted by Crippen LogP contribution is 2.66. The normalized spacial score (nSPS) is 38.3. The van der Waals surface area contributed by atoms with E-state index in [9.17, 15) is 4.79 Å². The summed E-state index contributed by atoms with van der Waals surface area (Å²) in [5, 5.41) is 0. The monoisotopic (exact) mass is 268 g/mol. The molecule has 4 unspecified atom stereocenters. The van der Waals surface area contributed by atoms with Crippen LogP contribution in [0.5, 0.6) is 0 Å². The Labute approximate surface area is 117 Å². The number of fused-ring (bicyclic) bond motifs is 2. The Bertz CT molecular complexity index is 383. The second-order valence-corrected chi connectivity index (χ2v) is 8.33. The Hall–Kier alpha value is -0.570. The number of hydrogen-bond donors (Lipinski definition) is 0. The number of quaternary nitrogens is 1. The second kappa shape index (κ2) is 4.21. The van der Waals surface area contributed by atoms with Crippen LogP contribution in [0.2, 0.25) is 0 Å². The molecule has 2 bridgehead atoms. The first-order chi connectivity index (χ1) is 8.50. The standard InChI is InChI=1S/C16H30NO2/c1-11(17(5,6)7)14(18)19-13-10-12-8-9-16(13,4)15(12,2)3/h11-13H,8-10H2,1-7H3/q+1. The van der Waals surface area contributed by atoms with E-state index in [2.05, 4.69) is 20.8 Å². The minimum absolute atomic E-state index is 0.0397. The van der Waals surface area contributed by atoms with Crippen LogP contribution in [-0.2, 0) is 9.53 Å². The zero-order valence-corrected chi connectivity index (χ0v) is 13.6. The summed E-state index contributed by atoms with van der Waals surface area (Å²) in [4.78, 5) is 12.3. The van der Waals surface area contributed by atoms with Crippen LogP contribution in [0.3, 0.4) is 0 Å². The van der Waals surface area contributed by atoms with Gasteiger partial charge >= 0.3 is 5.97 Å². The lowest BCUT2D eigenvalue weighted by Crippen LogP contribution is -2.50. The fraction of sp³-hybridized carbons (Fsp3) is 0.938. The Morgan fingerprint density at radius 1 is 1.26 bits per heavy atom. The summed E-state index contributed by atoms with van der Waals surface area (Å²) in [6.45, 7) is 8.97. The van der Waals surface area contributed by atoms with E-state index >= 15 is 0 Å². The topological polar surface area (TPSA) is 26.3 Å². The minimum Gasteiger partial charge on any atom is -0.457 e. The van der Waals surface area contributed by atoms with Crippen molar-refractivity contribution in [2.75, 3.05) is 21.1 Å². The Morgan fingerprint density at radius 2 is 1.84 bits per heavy atom. The quantitative estimate of drug-likeness (QED) is 0.581. The van der Waals surface area contributed by atoms with Crippen molar-refractivity contribution < 1.29 is 14.0 Å². The average Bonchev–Trinajstić information content (AvgIpc) is 2.59. The molecular formula is C16H30NO2+. The lowest BCUT2D eigenvalue weighted by Gasteiger charge is -2.39. The Balaban J connectivity index is 2.09. The van der Waals surface area contributed by atoms with E-state index in [0.717, 1.165) is 12.3 Å². The molecule has 0 radical (unpaired) electrons. The Morgan fingerprint density at radius 3 is 2.21 bits per heavy atom. The van der Waals surface area contributed by atoms with E-state index in [1.165, 1.54) is 12.8 Å². The van der Waals surface area contributed by atoms with Crippen molar-refractivity contribution in [1.82, 2.24) is 0 Å². The maximum absolute atomic E-state index is 12.3. The second-order valence-electron chi connectivity index (χ2n) is 8.33. The predicted molar refractivity (Wildman–Crippen MR) is 76.6 cm³/mol. The fourth-order valence-corrected chi connectivity index (χ4v) is 3.86. The summed E-state index contributed by atoms with van der Waals surface area (Å²) >= 11 is 0. The van der Waals surface area contributed by atoms with Crippen molar-refractivity contribution in [3.8, 4) is 0 Å². The van der Waals surface area contributed by atoms with Crippen LogP contribution in [0, 0.1) is 16.7 Å². The lowest BCUT2D eigenvalue weighted by atomic mass is 9.70. The van der Waals surface area contributed by atoms with Crippen LogP contribution in [0.25, 0.3) is 0 Å². The van der Waals surface area contributed by atoms with Gasteiger partial charge < -0.3 is 9.22 Å². The molecule has 0 amide bonds. The van der Waals surface area contributed by atoms with E-state index in [-0.39, 0.29) is 23.5 Å². The van der Waals surface area contributed by atoms with Crippen LogP contribution in [0.1, 0.15) is 47.0 Å². The van der Waals surface area contributed by atoms with Gasteiger partial charge in [-0.25, -0.2) is 4.79 Å². The molecule has 2 saturated carbocycles. The maximum atomic E-state index is 12.3. The molecule has 2 fully saturated rings. The summed E-state index contributed by atoms with van der Waals surface area (Å²) in [6.07, 6.45) is 3.66. The van der Waals surface area contributed by atoms with Gasteiger partial charge in [0, 0.05) is 5.41 Å². The molecule has 0 saturated heterocycles. The molecule has 4 atom stereocenters. The van der Waals surface area contributed by atoms with Gasteiger partial charge in [-0.1, -0.05) is 20.8 Å². The van der Waals surface area contributed by atoms with Crippen LogP contribution in [0.4, 0.5) is 0 Å².